The highest BCUT2D eigenvalue weighted by Gasteiger charge is 2.32. The summed E-state index contributed by atoms with van der Waals surface area (Å²) in [6.45, 7) is 1.88. The number of imide groups is 2. The second-order valence-corrected chi connectivity index (χ2v) is 4.97. The molecule has 0 aromatic heterocycles. The average molecular weight is 268 g/mol. The van der Waals surface area contributed by atoms with Crippen LogP contribution in [0.15, 0.2) is 0 Å². The van der Waals surface area contributed by atoms with Crippen molar-refractivity contribution in [2.24, 2.45) is 5.92 Å². The molecule has 0 bridgehead atoms. The number of rotatable bonds is 3. The van der Waals surface area contributed by atoms with Crippen LogP contribution in [0.3, 0.4) is 0 Å². The normalized spacial score (nSPS) is 28.9. The van der Waals surface area contributed by atoms with E-state index in [1.54, 1.807) is 0 Å². The maximum absolute atomic E-state index is 11.3. The Bertz CT molecular complexity index is 404. The third-order valence-electron chi connectivity index (χ3n) is 3.34. The minimum Gasteiger partial charge on any atom is -0.335 e. The van der Waals surface area contributed by atoms with Crippen LogP contribution in [0.5, 0.6) is 0 Å². The van der Waals surface area contributed by atoms with E-state index >= 15 is 0 Å². The Hall–Kier alpha value is -2.12. The second-order valence-electron chi connectivity index (χ2n) is 4.97. The molecule has 6 amide bonds. The van der Waals surface area contributed by atoms with Gasteiger partial charge in [0.15, 0.2) is 0 Å². The number of urea groups is 2. The lowest BCUT2D eigenvalue weighted by molar-refractivity contribution is -0.123. The summed E-state index contributed by atoms with van der Waals surface area (Å²) in [6, 6.07) is -1.54. The van der Waals surface area contributed by atoms with Crippen LogP contribution >= 0.6 is 0 Å². The van der Waals surface area contributed by atoms with Crippen molar-refractivity contribution in [3.63, 3.8) is 0 Å². The molecule has 0 spiro atoms. The van der Waals surface area contributed by atoms with Crippen molar-refractivity contribution < 1.29 is 19.2 Å². The fourth-order valence-electron chi connectivity index (χ4n) is 2.41. The lowest BCUT2D eigenvalue weighted by atomic mass is 9.89. The number of carbonyl (C=O) groups is 4. The van der Waals surface area contributed by atoms with Gasteiger partial charge in [-0.2, -0.15) is 0 Å². The lowest BCUT2D eigenvalue weighted by Gasteiger charge is -2.32. The van der Waals surface area contributed by atoms with Crippen LogP contribution in [0.4, 0.5) is 9.59 Å². The Kier molecular flexibility index (Phi) is 3.68. The largest absolute Gasteiger partial charge is 0.335 e. The van der Waals surface area contributed by atoms with Gasteiger partial charge in [-0.3, -0.25) is 20.2 Å². The summed E-state index contributed by atoms with van der Waals surface area (Å²) in [6.07, 6.45) is 0.945. The monoisotopic (exact) mass is 268 g/mol. The highest BCUT2D eigenvalue weighted by molar-refractivity contribution is 5.97. The average Bonchev–Trinajstić information content (AvgIpc) is 2.25. The van der Waals surface area contributed by atoms with Crippen LogP contribution in [0.25, 0.3) is 0 Å². The Morgan fingerprint density at radius 3 is 2.16 bits per heavy atom. The van der Waals surface area contributed by atoms with Gasteiger partial charge in [-0.1, -0.05) is 6.92 Å². The standard InChI is InChI=1S/C11H16N4O4/c1-5(7-4-9(17)15-11(19)13-7)2-6-3-8(16)14-10(18)12-6/h5-7H,2-4H2,1H3,(H2,12,14,16,18)(H2,13,15,17,19)/t5-,6?,7?/m0/s1. The molecule has 0 saturated carbocycles. The first kappa shape index (κ1) is 13.3. The minimum absolute atomic E-state index is 0.0220. The van der Waals surface area contributed by atoms with Crippen molar-refractivity contribution >= 4 is 23.9 Å². The van der Waals surface area contributed by atoms with E-state index in [0.717, 1.165) is 0 Å². The highest BCUT2D eigenvalue weighted by atomic mass is 16.2. The van der Waals surface area contributed by atoms with E-state index in [4.69, 9.17) is 0 Å². The Labute approximate surface area is 109 Å². The first-order valence-corrected chi connectivity index (χ1v) is 6.14. The summed E-state index contributed by atoms with van der Waals surface area (Å²) in [7, 11) is 0. The zero-order valence-electron chi connectivity index (χ0n) is 10.5. The first-order valence-electron chi connectivity index (χ1n) is 6.14. The minimum atomic E-state index is -0.501. The van der Waals surface area contributed by atoms with E-state index < -0.39 is 12.1 Å². The summed E-state index contributed by atoms with van der Waals surface area (Å²) in [5.74, 6) is -0.649. The summed E-state index contributed by atoms with van der Waals surface area (Å²) < 4.78 is 0. The maximum Gasteiger partial charge on any atom is 0.321 e. The molecule has 8 nitrogen and oxygen atoms in total. The summed E-state index contributed by atoms with van der Waals surface area (Å²) in [5, 5.41) is 9.64. The van der Waals surface area contributed by atoms with Gasteiger partial charge < -0.3 is 10.6 Å². The Morgan fingerprint density at radius 1 is 1.00 bits per heavy atom. The molecule has 2 heterocycles. The molecule has 0 radical (unpaired) electrons. The van der Waals surface area contributed by atoms with Crippen molar-refractivity contribution in [1.82, 2.24) is 21.3 Å². The second kappa shape index (κ2) is 5.25. The van der Waals surface area contributed by atoms with E-state index in [9.17, 15) is 19.2 Å². The fraction of sp³-hybridized carbons (Fsp3) is 0.636. The molecular weight excluding hydrogens is 252 g/mol. The molecule has 19 heavy (non-hydrogen) atoms. The molecule has 2 rings (SSSR count). The molecular formula is C11H16N4O4. The molecule has 0 aromatic rings. The van der Waals surface area contributed by atoms with E-state index in [-0.39, 0.29) is 42.7 Å². The van der Waals surface area contributed by atoms with Crippen LogP contribution < -0.4 is 21.3 Å². The highest BCUT2D eigenvalue weighted by Crippen LogP contribution is 2.18. The first-order chi connectivity index (χ1) is 8.94. The van der Waals surface area contributed by atoms with Gasteiger partial charge in [0.25, 0.3) is 0 Å². The van der Waals surface area contributed by atoms with Crippen LogP contribution in [0, 0.1) is 5.92 Å². The van der Waals surface area contributed by atoms with Crippen molar-refractivity contribution in [2.75, 3.05) is 0 Å². The van der Waals surface area contributed by atoms with Crippen molar-refractivity contribution in [3.05, 3.63) is 0 Å². The van der Waals surface area contributed by atoms with E-state index in [0.29, 0.717) is 6.42 Å². The zero-order chi connectivity index (χ0) is 14.0. The molecule has 4 N–H and O–H groups in total. The van der Waals surface area contributed by atoms with Gasteiger partial charge in [-0.05, 0) is 12.3 Å². The molecule has 3 atom stereocenters. The molecule has 2 fully saturated rings. The van der Waals surface area contributed by atoms with Gasteiger partial charge in [0, 0.05) is 24.9 Å². The third-order valence-corrected chi connectivity index (χ3v) is 3.34. The number of nitrogens with one attached hydrogen (secondary N) is 4. The number of amides is 6. The van der Waals surface area contributed by atoms with Crippen molar-refractivity contribution in [2.45, 2.75) is 38.3 Å². The van der Waals surface area contributed by atoms with Crippen molar-refractivity contribution in [1.29, 1.82) is 0 Å². The van der Waals surface area contributed by atoms with E-state index in [1.165, 1.54) is 0 Å². The smallest absolute Gasteiger partial charge is 0.321 e. The maximum atomic E-state index is 11.3. The topological polar surface area (TPSA) is 116 Å². The Balaban J connectivity index is 1.91. The fourth-order valence-corrected chi connectivity index (χ4v) is 2.41. The van der Waals surface area contributed by atoms with Crippen molar-refractivity contribution in [3.8, 4) is 0 Å². The van der Waals surface area contributed by atoms with Gasteiger partial charge in [-0.25, -0.2) is 9.59 Å². The number of hydrogen-bond donors (Lipinski definition) is 4. The van der Waals surface area contributed by atoms with Gasteiger partial charge in [0.1, 0.15) is 0 Å². The molecule has 8 heteroatoms. The van der Waals surface area contributed by atoms with Gasteiger partial charge in [0.05, 0.1) is 0 Å². The lowest BCUT2D eigenvalue weighted by Crippen LogP contribution is -2.56. The number of hydrogen-bond acceptors (Lipinski definition) is 4. The van der Waals surface area contributed by atoms with E-state index in [1.807, 2.05) is 6.92 Å². The molecule has 0 aliphatic carbocycles. The molecule has 104 valence electrons. The molecule has 2 unspecified atom stereocenters. The predicted octanol–water partition coefficient (Wildman–Crippen LogP) is -0.791. The molecule has 2 aliphatic heterocycles. The molecule has 2 aliphatic rings. The van der Waals surface area contributed by atoms with Gasteiger partial charge in [0.2, 0.25) is 11.8 Å². The molecule has 0 aromatic carbocycles. The summed E-state index contributed by atoms with van der Waals surface area (Å²) in [5.41, 5.74) is 0. The number of carbonyl (C=O) groups excluding carboxylic acids is 4. The van der Waals surface area contributed by atoms with Gasteiger partial charge in [-0.15, -0.1) is 0 Å². The SMILES string of the molecule is C[C@@H](CC1CC(=O)NC(=O)N1)C1CC(=O)NC(=O)N1. The van der Waals surface area contributed by atoms with Crippen LogP contribution in [-0.4, -0.2) is 36.0 Å². The zero-order valence-corrected chi connectivity index (χ0v) is 10.5. The van der Waals surface area contributed by atoms with Crippen LogP contribution in [0.1, 0.15) is 26.2 Å². The molecule has 2 saturated heterocycles. The summed E-state index contributed by atoms with van der Waals surface area (Å²) >= 11 is 0. The summed E-state index contributed by atoms with van der Waals surface area (Å²) in [4.78, 5) is 44.9. The van der Waals surface area contributed by atoms with E-state index in [2.05, 4.69) is 21.3 Å². The third kappa shape index (κ3) is 3.43. The quantitative estimate of drug-likeness (QED) is 0.536. The van der Waals surface area contributed by atoms with Crippen LogP contribution in [0.2, 0.25) is 0 Å². The predicted molar refractivity (Wildman–Crippen MR) is 63.9 cm³/mol. The van der Waals surface area contributed by atoms with Crippen LogP contribution in [-0.2, 0) is 9.59 Å². The van der Waals surface area contributed by atoms with Gasteiger partial charge >= 0.3 is 12.1 Å². The Morgan fingerprint density at radius 2 is 1.58 bits per heavy atom.